The summed E-state index contributed by atoms with van der Waals surface area (Å²) < 4.78 is 0. The van der Waals surface area contributed by atoms with Gasteiger partial charge < -0.3 is 15.1 Å². The molecule has 3 aromatic rings. The van der Waals surface area contributed by atoms with Crippen LogP contribution in [0.5, 0.6) is 0 Å². The number of nitrogens with zero attached hydrogens (tertiary/aromatic N) is 3. The van der Waals surface area contributed by atoms with E-state index in [1.54, 1.807) is 18.3 Å². The quantitative estimate of drug-likeness (QED) is 0.371. The zero-order valence-corrected chi connectivity index (χ0v) is 21.9. The molecule has 0 bridgehead atoms. The molecule has 3 heterocycles. The number of carbonyl (C=O) groups excluding carboxylic acids is 1. The second-order valence-electron chi connectivity index (χ2n) is 9.72. The molecule has 0 atom stereocenters. The van der Waals surface area contributed by atoms with Gasteiger partial charge in [0.1, 0.15) is 5.82 Å². The molecular formula is C29H32Cl2N4O. The molecule has 2 aliphatic rings. The molecule has 1 N–H and O–H groups in total. The number of hydrogen-bond acceptors (Lipinski definition) is 4. The molecule has 0 spiro atoms. The largest absolute Gasteiger partial charge is 0.340 e. The average Bonchev–Trinajstić information content (AvgIpc) is 3.06. The van der Waals surface area contributed by atoms with Gasteiger partial charge in [0.05, 0.1) is 10.0 Å². The first-order chi connectivity index (χ1) is 17.6. The second kappa shape index (κ2) is 11.6. The maximum Gasteiger partial charge on any atom is 0.254 e. The maximum absolute atomic E-state index is 13.4. The van der Waals surface area contributed by atoms with Gasteiger partial charge in [-0.2, -0.15) is 0 Å². The van der Waals surface area contributed by atoms with Crippen LogP contribution in [-0.4, -0.2) is 53.4 Å². The minimum absolute atomic E-state index is 0.102. The van der Waals surface area contributed by atoms with Crippen molar-refractivity contribution in [3.63, 3.8) is 0 Å². The fourth-order valence-corrected chi connectivity index (χ4v) is 5.69. The van der Waals surface area contributed by atoms with Crippen LogP contribution >= 0.6 is 23.2 Å². The van der Waals surface area contributed by atoms with Crippen molar-refractivity contribution in [2.24, 2.45) is 0 Å². The lowest BCUT2D eigenvalue weighted by molar-refractivity contribution is 0.0751. The van der Waals surface area contributed by atoms with E-state index < -0.39 is 0 Å². The van der Waals surface area contributed by atoms with Crippen molar-refractivity contribution >= 4 is 40.6 Å². The summed E-state index contributed by atoms with van der Waals surface area (Å²) in [7, 11) is 0. The predicted octanol–water partition coefficient (Wildman–Crippen LogP) is 6.79. The number of benzene rings is 2. The molecule has 1 amide bonds. The molecule has 36 heavy (non-hydrogen) atoms. The summed E-state index contributed by atoms with van der Waals surface area (Å²) in [6, 6.07) is 18.1. The highest BCUT2D eigenvalue weighted by atomic mass is 35.5. The average molecular weight is 524 g/mol. The Morgan fingerprint density at radius 1 is 0.944 bits per heavy atom. The van der Waals surface area contributed by atoms with Gasteiger partial charge in [0.25, 0.3) is 5.91 Å². The van der Waals surface area contributed by atoms with Crippen LogP contribution in [0.4, 0.5) is 11.5 Å². The molecule has 5 rings (SSSR count). The minimum Gasteiger partial charge on any atom is -0.340 e. The van der Waals surface area contributed by atoms with Crippen LogP contribution in [-0.2, 0) is 6.42 Å². The first-order valence-electron chi connectivity index (χ1n) is 12.8. The molecule has 0 saturated carbocycles. The third-order valence-electron chi connectivity index (χ3n) is 7.37. The van der Waals surface area contributed by atoms with Crippen molar-refractivity contribution in [2.75, 3.05) is 38.0 Å². The smallest absolute Gasteiger partial charge is 0.254 e. The van der Waals surface area contributed by atoms with E-state index in [-0.39, 0.29) is 5.91 Å². The highest BCUT2D eigenvalue weighted by Crippen LogP contribution is 2.31. The molecule has 1 saturated heterocycles. The molecule has 1 fully saturated rings. The molecule has 0 radical (unpaired) electrons. The van der Waals surface area contributed by atoms with E-state index in [9.17, 15) is 4.79 Å². The lowest BCUT2D eigenvalue weighted by atomic mass is 9.89. The van der Waals surface area contributed by atoms with Gasteiger partial charge in [-0.25, -0.2) is 4.98 Å². The number of aromatic nitrogens is 1. The van der Waals surface area contributed by atoms with E-state index in [1.807, 2.05) is 17.0 Å². The minimum atomic E-state index is 0.102. The first kappa shape index (κ1) is 25.1. The van der Waals surface area contributed by atoms with Crippen LogP contribution in [0.15, 0.2) is 60.8 Å². The van der Waals surface area contributed by atoms with Gasteiger partial charge in [0, 0.05) is 36.1 Å². The number of fused-ring (bicyclic) bond motifs is 1. The van der Waals surface area contributed by atoms with Crippen LogP contribution in [0.25, 0.3) is 0 Å². The molecule has 2 aliphatic heterocycles. The molecule has 188 valence electrons. The lowest BCUT2D eigenvalue weighted by Gasteiger charge is -2.32. The highest BCUT2D eigenvalue weighted by Gasteiger charge is 2.25. The number of nitrogens with one attached hydrogen (secondary N) is 1. The number of carbonyl (C=O) groups is 1. The molecule has 2 aromatic carbocycles. The van der Waals surface area contributed by atoms with E-state index in [0.717, 1.165) is 68.8 Å². The number of likely N-dealkylation sites (tertiary alicyclic amines) is 1. The number of hydrogen-bond donors (Lipinski definition) is 1. The summed E-state index contributed by atoms with van der Waals surface area (Å²) in [5, 5.41) is 4.32. The predicted molar refractivity (Wildman–Crippen MR) is 148 cm³/mol. The Bertz CT molecular complexity index is 1200. The summed E-state index contributed by atoms with van der Waals surface area (Å²) in [5.41, 5.74) is 3.98. The Balaban J connectivity index is 1.17. The van der Waals surface area contributed by atoms with E-state index in [1.165, 1.54) is 18.4 Å². The van der Waals surface area contributed by atoms with Crippen LogP contribution in [0.2, 0.25) is 10.0 Å². The fraction of sp³-hybridized carbons (Fsp3) is 0.379. The van der Waals surface area contributed by atoms with Crippen LogP contribution in [0.3, 0.4) is 0 Å². The monoisotopic (exact) mass is 522 g/mol. The van der Waals surface area contributed by atoms with Crippen molar-refractivity contribution in [1.29, 1.82) is 0 Å². The van der Waals surface area contributed by atoms with Crippen molar-refractivity contribution < 1.29 is 4.79 Å². The van der Waals surface area contributed by atoms with E-state index >= 15 is 0 Å². The normalized spacial score (nSPS) is 17.1. The van der Waals surface area contributed by atoms with Gasteiger partial charge in [0.2, 0.25) is 0 Å². The van der Waals surface area contributed by atoms with Crippen LogP contribution in [0.1, 0.15) is 53.1 Å². The van der Waals surface area contributed by atoms with Gasteiger partial charge in [-0.1, -0.05) is 53.5 Å². The van der Waals surface area contributed by atoms with Gasteiger partial charge >= 0.3 is 0 Å². The molecule has 7 heteroatoms. The lowest BCUT2D eigenvalue weighted by Crippen LogP contribution is -2.37. The summed E-state index contributed by atoms with van der Waals surface area (Å²) >= 11 is 12.2. The van der Waals surface area contributed by atoms with E-state index in [0.29, 0.717) is 21.8 Å². The van der Waals surface area contributed by atoms with Gasteiger partial charge in [-0.05, 0) is 87.5 Å². The van der Waals surface area contributed by atoms with Gasteiger partial charge in [-0.15, -0.1) is 0 Å². The van der Waals surface area contributed by atoms with Crippen molar-refractivity contribution in [3.05, 3.63) is 87.5 Å². The van der Waals surface area contributed by atoms with Crippen molar-refractivity contribution in [1.82, 2.24) is 14.8 Å². The van der Waals surface area contributed by atoms with E-state index in [4.69, 9.17) is 23.2 Å². The zero-order chi connectivity index (χ0) is 24.9. The maximum atomic E-state index is 13.4. The summed E-state index contributed by atoms with van der Waals surface area (Å²) in [5.74, 6) is 1.48. The molecule has 1 aromatic heterocycles. The standard InChI is InChI=1S/C29H32Cl2N4O/c30-26-10-9-23(20-27(26)31)33-28-24-8-4-16-35(29(36)25(24)11-14-32-28)17-5-15-34-18-12-22(13-19-34)21-6-2-1-3-7-21/h1-3,6-7,9-11,14,20,22H,4-5,8,12-13,15-19H2,(H,32,33). The SMILES string of the molecule is O=C1c2ccnc(Nc3ccc(Cl)c(Cl)c3)c2CCCN1CCCN1CCC(c2ccccc2)CC1. The summed E-state index contributed by atoms with van der Waals surface area (Å²) in [6.07, 6.45) is 6.85. The molecule has 0 unspecified atom stereocenters. The summed E-state index contributed by atoms with van der Waals surface area (Å²) in [4.78, 5) is 22.5. The fourth-order valence-electron chi connectivity index (χ4n) is 5.40. The van der Waals surface area contributed by atoms with Gasteiger partial charge in [0.15, 0.2) is 0 Å². The van der Waals surface area contributed by atoms with Crippen LogP contribution in [0, 0.1) is 0 Å². The number of pyridine rings is 1. The Hall–Kier alpha value is -2.60. The third kappa shape index (κ3) is 5.86. The summed E-state index contributed by atoms with van der Waals surface area (Å²) in [6.45, 7) is 4.86. The van der Waals surface area contributed by atoms with Crippen molar-refractivity contribution in [3.8, 4) is 0 Å². The topological polar surface area (TPSA) is 48.5 Å². The number of halogens is 2. The number of rotatable bonds is 7. The zero-order valence-electron chi connectivity index (χ0n) is 20.4. The Kier molecular flexibility index (Phi) is 8.10. The van der Waals surface area contributed by atoms with Gasteiger partial charge in [-0.3, -0.25) is 4.79 Å². The molecular weight excluding hydrogens is 491 g/mol. The Morgan fingerprint density at radius 2 is 1.75 bits per heavy atom. The van der Waals surface area contributed by atoms with Crippen molar-refractivity contribution in [2.45, 2.75) is 38.0 Å². The second-order valence-corrected chi connectivity index (χ2v) is 10.5. The van der Waals surface area contributed by atoms with Crippen LogP contribution < -0.4 is 5.32 Å². The first-order valence-corrected chi connectivity index (χ1v) is 13.6. The Morgan fingerprint density at radius 3 is 2.53 bits per heavy atom. The number of anilines is 2. The molecule has 5 nitrogen and oxygen atoms in total. The highest BCUT2D eigenvalue weighted by molar-refractivity contribution is 6.42. The number of piperidine rings is 1. The molecule has 0 aliphatic carbocycles. The Labute approximate surface area is 223 Å². The van der Waals surface area contributed by atoms with E-state index in [2.05, 4.69) is 45.5 Å². The number of amides is 1. The third-order valence-corrected chi connectivity index (χ3v) is 8.11.